The van der Waals surface area contributed by atoms with E-state index in [0.717, 1.165) is 42.9 Å². The molecule has 34 heavy (non-hydrogen) atoms. The molecule has 4 N–H and O–H groups in total. The van der Waals surface area contributed by atoms with E-state index in [-0.39, 0.29) is 5.91 Å². The Bertz CT molecular complexity index is 1220. The number of nitrogens with zero attached hydrogens (tertiary/aromatic N) is 1. The Kier molecular flexibility index (Phi) is 7.09. The molecule has 0 radical (unpaired) electrons. The van der Waals surface area contributed by atoms with Gasteiger partial charge in [0.25, 0.3) is 5.91 Å². The topological polar surface area (TPSA) is 87.5 Å². The number of carbonyl (C=O) groups is 2. The molecule has 4 rings (SSSR count). The number of carbonyl (C=O) groups excluding carboxylic acids is 2. The van der Waals surface area contributed by atoms with Gasteiger partial charge < -0.3 is 16.4 Å². The number of allylic oxidation sites excluding steroid dienone is 1. The van der Waals surface area contributed by atoms with Crippen LogP contribution in [-0.4, -0.2) is 23.8 Å². The average Bonchev–Trinajstić information content (AvgIpc) is 3.15. The molecule has 6 nitrogen and oxygen atoms in total. The summed E-state index contributed by atoms with van der Waals surface area (Å²) in [4.78, 5) is 26.6. The predicted molar refractivity (Wildman–Crippen MR) is 137 cm³/mol. The van der Waals surface area contributed by atoms with Gasteiger partial charge >= 0.3 is 0 Å². The van der Waals surface area contributed by atoms with Gasteiger partial charge in [-0.15, -0.1) is 0 Å². The molecule has 0 spiro atoms. The van der Waals surface area contributed by atoms with Crippen molar-refractivity contribution < 1.29 is 9.59 Å². The van der Waals surface area contributed by atoms with Crippen molar-refractivity contribution in [1.82, 2.24) is 4.90 Å². The van der Waals surface area contributed by atoms with E-state index in [0.29, 0.717) is 16.8 Å². The maximum absolute atomic E-state index is 12.8. The predicted octanol–water partition coefficient (Wildman–Crippen LogP) is 4.99. The summed E-state index contributed by atoms with van der Waals surface area (Å²) in [6.45, 7) is 3.81. The lowest BCUT2D eigenvalue weighted by atomic mass is 10.0. The second-order valence-electron chi connectivity index (χ2n) is 8.66. The van der Waals surface area contributed by atoms with Crippen LogP contribution < -0.4 is 16.4 Å². The quantitative estimate of drug-likeness (QED) is 0.398. The molecule has 0 atom stereocenters. The van der Waals surface area contributed by atoms with Gasteiger partial charge in [0.1, 0.15) is 0 Å². The zero-order valence-electron chi connectivity index (χ0n) is 19.6. The minimum absolute atomic E-state index is 0.174. The highest BCUT2D eigenvalue weighted by Gasteiger charge is 2.28. The molecule has 0 unspecified atom stereocenters. The molecule has 0 fully saturated rings. The van der Waals surface area contributed by atoms with Crippen LogP contribution in [0.4, 0.5) is 11.4 Å². The summed E-state index contributed by atoms with van der Waals surface area (Å²) in [7, 11) is 2.11. The molecule has 174 valence electrons. The lowest BCUT2D eigenvalue weighted by Gasteiger charge is -2.18. The van der Waals surface area contributed by atoms with Crippen LogP contribution >= 0.6 is 0 Å². The molecule has 2 amide bonds. The number of primary amides is 1. The van der Waals surface area contributed by atoms with E-state index in [1.54, 1.807) is 18.2 Å². The molecule has 6 heteroatoms. The van der Waals surface area contributed by atoms with Crippen LogP contribution in [0.1, 0.15) is 46.8 Å². The van der Waals surface area contributed by atoms with Crippen molar-refractivity contribution in [2.75, 3.05) is 17.7 Å². The molecule has 1 aliphatic rings. The third-order valence-corrected chi connectivity index (χ3v) is 5.85. The normalized spacial score (nSPS) is 14.0. The maximum atomic E-state index is 12.8. The smallest absolute Gasteiger partial charge is 0.258 e. The third kappa shape index (κ3) is 5.35. The van der Waals surface area contributed by atoms with Crippen molar-refractivity contribution in [3.05, 3.63) is 101 Å². The van der Waals surface area contributed by atoms with Gasteiger partial charge in [0.05, 0.1) is 5.57 Å². The Hall–Kier alpha value is -3.90. The van der Waals surface area contributed by atoms with Crippen molar-refractivity contribution in [3.8, 4) is 0 Å². The first-order valence-corrected chi connectivity index (χ1v) is 11.5. The van der Waals surface area contributed by atoms with Gasteiger partial charge in [-0.05, 0) is 48.9 Å². The minimum atomic E-state index is -0.518. The lowest BCUT2D eigenvalue weighted by Crippen LogP contribution is -2.17. The molecule has 0 saturated heterocycles. The highest BCUT2D eigenvalue weighted by molar-refractivity contribution is 6.32. The van der Waals surface area contributed by atoms with Crippen LogP contribution in [0.3, 0.4) is 0 Å². The van der Waals surface area contributed by atoms with Gasteiger partial charge in [-0.2, -0.15) is 0 Å². The summed E-state index contributed by atoms with van der Waals surface area (Å²) < 4.78 is 0. The number of anilines is 2. The summed E-state index contributed by atoms with van der Waals surface area (Å²) in [6.07, 6.45) is 1.61. The Morgan fingerprint density at radius 3 is 2.29 bits per heavy atom. The van der Waals surface area contributed by atoms with E-state index in [4.69, 9.17) is 5.73 Å². The van der Waals surface area contributed by atoms with Crippen molar-refractivity contribution in [3.63, 3.8) is 0 Å². The van der Waals surface area contributed by atoms with Gasteiger partial charge in [-0.25, -0.2) is 0 Å². The number of nitrogens with two attached hydrogens (primary N) is 1. The summed E-state index contributed by atoms with van der Waals surface area (Å²) in [6, 6.07) is 23.8. The number of benzene rings is 3. The van der Waals surface area contributed by atoms with Crippen molar-refractivity contribution in [2.24, 2.45) is 5.73 Å². The van der Waals surface area contributed by atoms with E-state index in [1.807, 2.05) is 18.2 Å². The summed E-state index contributed by atoms with van der Waals surface area (Å²) in [5, 5.41) is 6.33. The van der Waals surface area contributed by atoms with Crippen LogP contribution in [-0.2, 0) is 17.9 Å². The molecule has 0 bridgehead atoms. The number of rotatable bonds is 9. The van der Waals surface area contributed by atoms with Crippen LogP contribution in [0, 0.1) is 0 Å². The highest BCUT2D eigenvalue weighted by atomic mass is 16.2. The Balaban J connectivity index is 1.51. The maximum Gasteiger partial charge on any atom is 0.258 e. The second kappa shape index (κ2) is 10.4. The zero-order valence-corrected chi connectivity index (χ0v) is 19.6. The van der Waals surface area contributed by atoms with E-state index in [1.165, 1.54) is 11.1 Å². The van der Waals surface area contributed by atoms with Crippen LogP contribution in [0.25, 0.3) is 5.57 Å². The van der Waals surface area contributed by atoms with Crippen LogP contribution in [0.2, 0.25) is 0 Å². The number of hydrogen-bond donors (Lipinski definition) is 3. The summed E-state index contributed by atoms with van der Waals surface area (Å²) in [5.41, 5.74) is 12.1. The van der Waals surface area contributed by atoms with Gasteiger partial charge in [0, 0.05) is 41.3 Å². The first-order valence-electron chi connectivity index (χ1n) is 11.5. The Morgan fingerprint density at radius 2 is 1.65 bits per heavy atom. The highest BCUT2D eigenvalue weighted by Crippen LogP contribution is 2.36. The van der Waals surface area contributed by atoms with Gasteiger partial charge in [0.15, 0.2) is 0 Å². The molecule has 0 aliphatic carbocycles. The Morgan fingerprint density at radius 1 is 0.971 bits per heavy atom. The van der Waals surface area contributed by atoms with E-state index in [2.05, 4.69) is 65.9 Å². The van der Waals surface area contributed by atoms with Crippen molar-refractivity contribution in [2.45, 2.75) is 32.9 Å². The SMILES string of the molecule is CCC/C(Nc1ccc(CN(C)Cc2ccccc2)cc1)=C1/C(=O)Nc2cc(C(N)=O)ccc21. The first-order chi connectivity index (χ1) is 16.4. The van der Waals surface area contributed by atoms with E-state index < -0.39 is 5.91 Å². The van der Waals surface area contributed by atoms with Gasteiger partial charge in [0.2, 0.25) is 5.91 Å². The zero-order chi connectivity index (χ0) is 24.1. The number of nitrogens with one attached hydrogen (secondary N) is 2. The molecular weight excluding hydrogens is 424 g/mol. The molecule has 1 aliphatic heterocycles. The first kappa shape index (κ1) is 23.3. The second-order valence-corrected chi connectivity index (χ2v) is 8.66. The molecule has 1 heterocycles. The lowest BCUT2D eigenvalue weighted by molar-refractivity contribution is -0.110. The largest absolute Gasteiger partial charge is 0.366 e. The van der Waals surface area contributed by atoms with E-state index in [9.17, 15) is 9.59 Å². The van der Waals surface area contributed by atoms with Crippen molar-refractivity contribution >= 4 is 28.8 Å². The fourth-order valence-electron chi connectivity index (χ4n) is 4.26. The average molecular weight is 455 g/mol. The van der Waals surface area contributed by atoms with Crippen LogP contribution in [0.15, 0.2) is 78.5 Å². The van der Waals surface area contributed by atoms with E-state index >= 15 is 0 Å². The van der Waals surface area contributed by atoms with Gasteiger partial charge in [-0.1, -0.05) is 61.9 Å². The minimum Gasteiger partial charge on any atom is -0.366 e. The number of amides is 2. The molecule has 0 saturated carbocycles. The number of fused-ring (bicyclic) bond motifs is 1. The molecule has 0 aromatic heterocycles. The molecular formula is C28H30N4O2. The monoisotopic (exact) mass is 454 g/mol. The standard InChI is InChI=1S/C28H30N4O2/c1-3-7-24(26-23-15-12-21(27(29)33)16-25(23)31-28(26)34)30-22-13-10-20(11-14-22)18-32(2)17-19-8-5-4-6-9-19/h4-6,8-16,30H,3,7,17-18H2,1-2H3,(H2,29,33)(H,31,34)/b26-24-. The summed E-state index contributed by atoms with van der Waals surface area (Å²) >= 11 is 0. The van der Waals surface area contributed by atoms with Crippen molar-refractivity contribution in [1.29, 1.82) is 0 Å². The molecule has 3 aromatic rings. The molecule has 3 aromatic carbocycles. The van der Waals surface area contributed by atoms with Gasteiger partial charge in [-0.3, -0.25) is 14.5 Å². The number of hydrogen-bond acceptors (Lipinski definition) is 4. The fourth-order valence-corrected chi connectivity index (χ4v) is 4.26. The van der Waals surface area contributed by atoms with Crippen LogP contribution in [0.5, 0.6) is 0 Å². The fraction of sp³-hybridized carbons (Fsp3) is 0.214. The third-order valence-electron chi connectivity index (χ3n) is 5.85. The Labute approximate surface area is 200 Å². The summed E-state index contributed by atoms with van der Waals surface area (Å²) in [5.74, 6) is -0.692.